The molecule has 2 aliphatic rings. The normalized spacial score (nSPS) is 19.6. The number of methoxy groups -OCH3 is 1. The summed E-state index contributed by atoms with van der Waals surface area (Å²) in [5.41, 5.74) is 0.168. The second kappa shape index (κ2) is 11.4. The summed E-state index contributed by atoms with van der Waals surface area (Å²) in [4.78, 5) is 17.2. The lowest BCUT2D eigenvalue weighted by molar-refractivity contribution is 0.0717. The lowest BCUT2D eigenvalue weighted by Crippen LogP contribution is -2.55. The number of ether oxygens (including phenoxy) is 2. The summed E-state index contributed by atoms with van der Waals surface area (Å²) in [7, 11) is -0.768. The van der Waals surface area contributed by atoms with Crippen LogP contribution in [0.5, 0.6) is 5.75 Å². The average Bonchev–Trinajstić information content (AvgIpc) is 3.11. The third-order valence-corrected chi connectivity index (χ3v) is 10.0. The second-order valence-electron chi connectivity index (χ2n) is 10.9. The molecule has 0 saturated carbocycles. The Labute approximate surface area is 239 Å². The number of benzene rings is 2. The highest BCUT2D eigenvalue weighted by Gasteiger charge is 2.44. The molecule has 0 radical (unpaired) electrons. The van der Waals surface area contributed by atoms with E-state index in [0.29, 0.717) is 31.1 Å². The van der Waals surface area contributed by atoms with Crippen LogP contribution in [0.15, 0.2) is 35.2 Å². The molecule has 2 bridgehead atoms. The van der Waals surface area contributed by atoms with E-state index in [1.54, 1.807) is 25.1 Å². The van der Waals surface area contributed by atoms with Crippen molar-refractivity contribution in [1.29, 1.82) is 0 Å². The Balaban J connectivity index is 1.71. The number of anilines is 1. The second-order valence-corrected chi connectivity index (χ2v) is 13.6. The quantitative estimate of drug-likeness (QED) is 0.393. The van der Waals surface area contributed by atoms with Crippen molar-refractivity contribution in [2.45, 2.75) is 56.1 Å². The van der Waals surface area contributed by atoms with Gasteiger partial charge in [0, 0.05) is 44.9 Å². The van der Waals surface area contributed by atoms with Gasteiger partial charge in [0.15, 0.2) is 5.75 Å². The van der Waals surface area contributed by atoms with Crippen molar-refractivity contribution < 1.29 is 27.1 Å². The topological polar surface area (TPSA) is 79.4 Å². The molecule has 8 nitrogen and oxygen atoms in total. The number of rotatable bonds is 8. The van der Waals surface area contributed by atoms with Crippen molar-refractivity contribution >= 4 is 44.8 Å². The van der Waals surface area contributed by atoms with Gasteiger partial charge in [-0.15, -0.1) is 0 Å². The van der Waals surface area contributed by atoms with Crippen LogP contribution in [0.25, 0.3) is 0 Å². The van der Waals surface area contributed by atoms with E-state index in [2.05, 4.69) is 4.90 Å². The standard InChI is InChI=1S/C27H34Cl2FN3O5S/c1-27(2,3)31(4)39(35,36)20-13-23(29)25(38-11-10-37-5)24(14-20)33-18-7-8-19(33)16-32(15-18)26(34)21-9-6-17(30)12-22(21)28/h6,9,12-14,18-19H,7-8,10-11,15-16H2,1-5H3/t18-,19+. The van der Waals surface area contributed by atoms with E-state index < -0.39 is 21.4 Å². The third kappa shape index (κ3) is 6.00. The van der Waals surface area contributed by atoms with Crippen LogP contribution in [0.3, 0.4) is 0 Å². The Morgan fingerprint density at radius 2 is 1.72 bits per heavy atom. The molecule has 2 atom stereocenters. The maximum Gasteiger partial charge on any atom is 0.255 e. The number of nitrogens with zero attached hydrogens (tertiary/aromatic N) is 3. The maximum atomic E-state index is 13.6. The number of halogens is 3. The minimum Gasteiger partial charge on any atom is -0.487 e. The first-order valence-corrected chi connectivity index (χ1v) is 14.9. The molecule has 2 saturated heterocycles. The van der Waals surface area contributed by atoms with Crippen LogP contribution in [0.1, 0.15) is 44.0 Å². The Morgan fingerprint density at radius 3 is 2.28 bits per heavy atom. The van der Waals surface area contributed by atoms with Crippen LogP contribution >= 0.6 is 23.2 Å². The molecule has 2 aromatic rings. The van der Waals surface area contributed by atoms with Gasteiger partial charge in [0.25, 0.3) is 5.91 Å². The van der Waals surface area contributed by atoms with Gasteiger partial charge in [0.2, 0.25) is 10.0 Å². The average molecular weight is 603 g/mol. The fraction of sp³-hybridized carbons (Fsp3) is 0.519. The molecule has 2 aliphatic heterocycles. The Morgan fingerprint density at radius 1 is 1.08 bits per heavy atom. The third-order valence-electron chi connectivity index (χ3n) is 7.34. The lowest BCUT2D eigenvalue weighted by atomic mass is 10.1. The van der Waals surface area contributed by atoms with Crippen molar-refractivity contribution in [2.75, 3.05) is 45.4 Å². The van der Waals surface area contributed by atoms with E-state index in [1.165, 1.54) is 22.5 Å². The summed E-state index contributed by atoms with van der Waals surface area (Å²) in [5.74, 6) is -0.398. The number of hydrogen-bond donors (Lipinski definition) is 0. The summed E-state index contributed by atoms with van der Waals surface area (Å²) >= 11 is 12.9. The fourth-order valence-electron chi connectivity index (χ4n) is 5.08. The SMILES string of the molecule is COCCOc1c(Cl)cc(S(=O)(=O)N(C)C(C)(C)C)cc1N1[C@@H]2CC[C@H]1CN(C(=O)c1ccc(F)cc1Cl)C2. The van der Waals surface area contributed by atoms with E-state index >= 15 is 0 Å². The molecule has 2 heterocycles. The zero-order valence-corrected chi connectivity index (χ0v) is 25.0. The highest BCUT2D eigenvalue weighted by Crippen LogP contribution is 2.45. The number of hydrogen-bond acceptors (Lipinski definition) is 6. The molecule has 39 heavy (non-hydrogen) atoms. The van der Waals surface area contributed by atoms with E-state index in [4.69, 9.17) is 32.7 Å². The molecular weight excluding hydrogens is 568 g/mol. The zero-order chi connectivity index (χ0) is 28.7. The van der Waals surface area contributed by atoms with E-state index in [9.17, 15) is 17.6 Å². The Bertz CT molecular complexity index is 1340. The molecule has 2 aromatic carbocycles. The Kier molecular flexibility index (Phi) is 8.73. The molecule has 0 spiro atoms. The highest BCUT2D eigenvalue weighted by atomic mass is 35.5. The number of piperazine rings is 1. The number of carbonyl (C=O) groups is 1. The molecular formula is C27H34Cl2FN3O5S. The maximum absolute atomic E-state index is 13.6. The van der Waals surface area contributed by atoms with Gasteiger partial charge < -0.3 is 19.3 Å². The van der Waals surface area contributed by atoms with Gasteiger partial charge in [-0.2, -0.15) is 4.31 Å². The van der Waals surface area contributed by atoms with Crippen molar-refractivity contribution in [2.24, 2.45) is 0 Å². The fourth-order valence-corrected chi connectivity index (χ4v) is 7.23. The van der Waals surface area contributed by atoms with Crippen molar-refractivity contribution in [1.82, 2.24) is 9.21 Å². The first kappa shape index (κ1) is 29.9. The van der Waals surface area contributed by atoms with E-state index in [-0.39, 0.29) is 45.1 Å². The molecule has 0 N–H and O–H groups in total. The lowest BCUT2D eigenvalue weighted by Gasteiger charge is -2.43. The monoisotopic (exact) mass is 601 g/mol. The van der Waals surface area contributed by atoms with Crippen LogP contribution in [0.2, 0.25) is 10.0 Å². The molecule has 214 valence electrons. The summed E-state index contributed by atoms with van der Waals surface area (Å²) in [6.07, 6.45) is 1.58. The predicted octanol–water partition coefficient (Wildman–Crippen LogP) is 5.07. The predicted molar refractivity (Wildman–Crippen MR) is 150 cm³/mol. The van der Waals surface area contributed by atoms with Gasteiger partial charge in [-0.1, -0.05) is 23.2 Å². The molecule has 0 aromatic heterocycles. The molecule has 4 rings (SSSR count). The van der Waals surface area contributed by atoms with Crippen LogP contribution in [-0.4, -0.2) is 81.6 Å². The highest BCUT2D eigenvalue weighted by molar-refractivity contribution is 7.89. The van der Waals surface area contributed by atoms with Gasteiger partial charge in [-0.25, -0.2) is 12.8 Å². The van der Waals surface area contributed by atoms with Crippen molar-refractivity contribution in [3.05, 3.63) is 51.8 Å². The number of likely N-dealkylation sites (tertiary alicyclic amines) is 1. The van der Waals surface area contributed by atoms with Gasteiger partial charge in [0.1, 0.15) is 12.4 Å². The largest absolute Gasteiger partial charge is 0.487 e. The number of sulfonamides is 1. The van der Waals surface area contributed by atoms with E-state index in [1.807, 2.05) is 20.8 Å². The summed E-state index contributed by atoms with van der Waals surface area (Å²) in [5, 5.41) is 0.247. The molecule has 1 amide bonds. The van der Waals surface area contributed by atoms with Crippen LogP contribution < -0.4 is 9.64 Å². The minimum atomic E-state index is -3.87. The first-order valence-electron chi connectivity index (χ1n) is 12.7. The summed E-state index contributed by atoms with van der Waals surface area (Å²) < 4.78 is 53.1. The van der Waals surface area contributed by atoms with Crippen LogP contribution in [-0.2, 0) is 14.8 Å². The molecule has 12 heteroatoms. The molecule has 2 fully saturated rings. The van der Waals surface area contributed by atoms with Gasteiger partial charge >= 0.3 is 0 Å². The summed E-state index contributed by atoms with van der Waals surface area (Å²) in [6.45, 7) is 6.79. The van der Waals surface area contributed by atoms with Gasteiger partial charge in [-0.05, 0) is 63.9 Å². The van der Waals surface area contributed by atoms with Gasteiger partial charge in [-0.3, -0.25) is 4.79 Å². The van der Waals surface area contributed by atoms with Crippen molar-refractivity contribution in [3.8, 4) is 5.75 Å². The van der Waals surface area contributed by atoms with E-state index in [0.717, 1.165) is 18.9 Å². The smallest absolute Gasteiger partial charge is 0.255 e. The van der Waals surface area contributed by atoms with Crippen LogP contribution in [0.4, 0.5) is 10.1 Å². The number of fused-ring (bicyclic) bond motifs is 2. The van der Waals surface area contributed by atoms with Crippen molar-refractivity contribution in [3.63, 3.8) is 0 Å². The molecule has 0 unspecified atom stereocenters. The number of carbonyl (C=O) groups excluding carboxylic acids is 1. The Hall–Kier alpha value is -2.11. The number of amides is 1. The van der Waals surface area contributed by atoms with Crippen LogP contribution in [0, 0.1) is 5.82 Å². The van der Waals surface area contributed by atoms with Gasteiger partial charge in [0.05, 0.1) is 32.8 Å². The first-order chi connectivity index (χ1) is 18.3. The minimum absolute atomic E-state index is 0.0648. The molecule has 0 aliphatic carbocycles. The summed E-state index contributed by atoms with van der Waals surface area (Å²) in [6, 6.07) is 6.57. The zero-order valence-electron chi connectivity index (χ0n) is 22.7.